The summed E-state index contributed by atoms with van der Waals surface area (Å²) in [6.07, 6.45) is 0. The summed E-state index contributed by atoms with van der Waals surface area (Å²) >= 11 is 0. The number of furan rings is 1. The van der Waals surface area contributed by atoms with E-state index in [-0.39, 0.29) is 11.9 Å². The third kappa shape index (κ3) is 1.24. The monoisotopic (exact) mass is 179 g/mol. The molecule has 4 heteroatoms. The van der Waals surface area contributed by atoms with Crippen LogP contribution in [-0.2, 0) is 9.63 Å². The van der Waals surface area contributed by atoms with Crippen LogP contribution in [0.4, 0.5) is 0 Å². The van der Waals surface area contributed by atoms with Crippen LogP contribution in [0.1, 0.15) is 18.4 Å². The van der Waals surface area contributed by atoms with Gasteiger partial charge in [0.15, 0.2) is 5.76 Å². The molecule has 1 unspecified atom stereocenters. The molecule has 0 saturated carbocycles. The number of rotatable bonds is 1. The van der Waals surface area contributed by atoms with Gasteiger partial charge in [0.1, 0.15) is 17.4 Å². The van der Waals surface area contributed by atoms with Gasteiger partial charge in [0.05, 0.1) is 0 Å². The molecule has 0 fully saturated rings. The van der Waals surface area contributed by atoms with Crippen LogP contribution in [0.25, 0.3) is 0 Å². The average molecular weight is 179 g/mol. The molecule has 0 amide bonds. The molecule has 0 N–H and O–H groups in total. The minimum Gasteiger partial charge on any atom is -0.460 e. The summed E-state index contributed by atoms with van der Waals surface area (Å²) in [7, 11) is 0. The van der Waals surface area contributed by atoms with Crippen molar-refractivity contribution >= 4 is 11.7 Å². The van der Waals surface area contributed by atoms with Crippen molar-refractivity contribution in [1.82, 2.24) is 0 Å². The van der Waals surface area contributed by atoms with E-state index in [0.29, 0.717) is 11.5 Å². The molecule has 13 heavy (non-hydrogen) atoms. The summed E-state index contributed by atoms with van der Waals surface area (Å²) in [5.74, 6) is 0.745. The fourth-order valence-electron chi connectivity index (χ4n) is 1.19. The standard InChI is InChI=1S/C9H9NO3/c1-5-3-4-7(12-5)8-6(2)9(11)13-10-8/h3-4,6H,1-2H3. The molecular formula is C9H9NO3. The van der Waals surface area contributed by atoms with Crippen LogP contribution in [0.2, 0.25) is 0 Å². The highest BCUT2D eigenvalue weighted by molar-refractivity contribution is 6.12. The van der Waals surface area contributed by atoms with Crippen molar-refractivity contribution in [3.8, 4) is 0 Å². The van der Waals surface area contributed by atoms with Gasteiger partial charge >= 0.3 is 5.97 Å². The zero-order valence-corrected chi connectivity index (χ0v) is 7.40. The molecule has 0 radical (unpaired) electrons. The van der Waals surface area contributed by atoms with Gasteiger partial charge in [-0.25, -0.2) is 4.79 Å². The zero-order chi connectivity index (χ0) is 9.42. The Kier molecular flexibility index (Phi) is 1.69. The highest BCUT2D eigenvalue weighted by Crippen LogP contribution is 2.19. The van der Waals surface area contributed by atoms with E-state index < -0.39 is 0 Å². The first-order valence-electron chi connectivity index (χ1n) is 4.04. The summed E-state index contributed by atoms with van der Waals surface area (Å²) in [6.45, 7) is 3.58. The van der Waals surface area contributed by atoms with E-state index in [1.54, 1.807) is 13.0 Å². The van der Waals surface area contributed by atoms with Crippen LogP contribution in [0.5, 0.6) is 0 Å². The third-order valence-electron chi connectivity index (χ3n) is 1.99. The van der Waals surface area contributed by atoms with E-state index in [0.717, 1.165) is 5.76 Å². The maximum absolute atomic E-state index is 11.0. The van der Waals surface area contributed by atoms with Gasteiger partial charge < -0.3 is 9.25 Å². The smallest absolute Gasteiger partial charge is 0.344 e. The first-order valence-corrected chi connectivity index (χ1v) is 4.04. The second-order valence-corrected chi connectivity index (χ2v) is 3.02. The number of carbonyl (C=O) groups excluding carboxylic acids is 1. The average Bonchev–Trinajstić information content (AvgIpc) is 2.62. The molecule has 68 valence electrons. The van der Waals surface area contributed by atoms with Crippen LogP contribution < -0.4 is 0 Å². The van der Waals surface area contributed by atoms with Gasteiger partial charge in [0.25, 0.3) is 0 Å². The zero-order valence-electron chi connectivity index (χ0n) is 7.40. The van der Waals surface area contributed by atoms with Crippen molar-refractivity contribution < 1.29 is 14.0 Å². The number of nitrogens with zero attached hydrogens (tertiary/aromatic N) is 1. The van der Waals surface area contributed by atoms with Crippen molar-refractivity contribution in [2.45, 2.75) is 13.8 Å². The van der Waals surface area contributed by atoms with E-state index >= 15 is 0 Å². The Morgan fingerprint density at radius 3 is 2.69 bits per heavy atom. The fraction of sp³-hybridized carbons (Fsp3) is 0.333. The van der Waals surface area contributed by atoms with Crippen molar-refractivity contribution in [2.75, 3.05) is 0 Å². The number of hydrogen-bond acceptors (Lipinski definition) is 4. The molecule has 2 heterocycles. The lowest BCUT2D eigenvalue weighted by Gasteiger charge is -1.96. The Labute approximate surface area is 75.2 Å². The highest BCUT2D eigenvalue weighted by atomic mass is 16.7. The second-order valence-electron chi connectivity index (χ2n) is 3.02. The largest absolute Gasteiger partial charge is 0.460 e. The maximum Gasteiger partial charge on any atom is 0.344 e. The van der Waals surface area contributed by atoms with Gasteiger partial charge in [-0.1, -0.05) is 5.16 Å². The molecule has 1 aliphatic rings. The number of oxime groups is 1. The summed E-state index contributed by atoms with van der Waals surface area (Å²) in [5.41, 5.74) is 0.568. The number of carbonyl (C=O) groups is 1. The molecule has 0 aromatic carbocycles. The Balaban J connectivity index is 2.33. The molecule has 1 aromatic heterocycles. The van der Waals surface area contributed by atoms with Crippen molar-refractivity contribution in [3.05, 3.63) is 23.7 Å². The van der Waals surface area contributed by atoms with E-state index in [1.165, 1.54) is 0 Å². The molecule has 4 nitrogen and oxygen atoms in total. The molecular weight excluding hydrogens is 170 g/mol. The Bertz CT molecular complexity index is 378. The first kappa shape index (κ1) is 8.04. The van der Waals surface area contributed by atoms with E-state index in [1.807, 2.05) is 13.0 Å². The van der Waals surface area contributed by atoms with E-state index in [2.05, 4.69) is 9.99 Å². The predicted octanol–water partition coefficient (Wildman–Crippen LogP) is 1.49. The lowest BCUT2D eigenvalue weighted by Crippen LogP contribution is -2.14. The second kappa shape index (κ2) is 2.73. The molecule has 2 rings (SSSR count). The fourth-order valence-corrected chi connectivity index (χ4v) is 1.19. The van der Waals surface area contributed by atoms with Gasteiger partial charge in [0, 0.05) is 0 Å². The van der Waals surface area contributed by atoms with Gasteiger partial charge in [0.2, 0.25) is 0 Å². The minimum atomic E-state index is -0.330. The van der Waals surface area contributed by atoms with Crippen LogP contribution in [0, 0.1) is 12.8 Å². The molecule has 0 saturated heterocycles. The summed E-state index contributed by atoms with van der Waals surface area (Å²) in [4.78, 5) is 15.5. The summed E-state index contributed by atoms with van der Waals surface area (Å²) in [6, 6.07) is 3.61. The molecule has 1 aliphatic heterocycles. The Hall–Kier alpha value is -1.58. The normalized spacial score (nSPS) is 21.5. The van der Waals surface area contributed by atoms with Gasteiger partial charge in [-0.3, -0.25) is 0 Å². The van der Waals surface area contributed by atoms with Crippen LogP contribution in [-0.4, -0.2) is 11.7 Å². The Morgan fingerprint density at radius 2 is 2.23 bits per heavy atom. The lowest BCUT2D eigenvalue weighted by atomic mass is 10.1. The van der Waals surface area contributed by atoms with Crippen LogP contribution >= 0.6 is 0 Å². The van der Waals surface area contributed by atoms with Gasteiger partial charge in [-0.05, 0) is 26.0 Å². The predicted molar refractivity (Wildman–Crippen MR) is 45.2 cm³/mol. The summed E-state index contributed by atoms with van der Waals surface area (Å²) < 4.78 is 5.32. The quantitative estimate of drug-likeness (QED) is 0.613. The van der Waals surface area contributed by atoms with Crippen molar-refractivity contribution in [1.29, 1.82) is 0 Å². The third-order valence-corrected chi connectivity index (χ3v) is 1.99. The van der Waals surface area contributed by atoms with Crippen LogP contribution in [0.3, 0.4) is 0 Å². The highest BCUT2D eigenvalue weighted by Gasteiger charge is 2.31. The maximum atomic E-state index is 11.0. The lowest BCUT2D eigenvalue weighted by molar-refractivity contribution is -0.142. The molecule has 1 aromatic rings. The van der Waals surface area contributed by atoms with Crippen molar-refractivity contribution in [2.24, 2.45) is 11.1 Å². The first-order chi connectivity index (χ1) is 6.18. The summed E-state index contributed by atoms with van der Waals surface area (Å²) in [5, 5.41) is 3.65. The number of hydrogen-bond donors (Lipinski definition) is 0. The van der Waals surface area contributed by atoms with E-state index in [9.17, 15) is 4.79 Å². The van der Waals surface area contributed by atoms with Gasteiger partial charge in [-0.15, -0.1) is 0 Å². The molecule has 1 atom stereocenters. The minimum absolute atomic E-state index is 0.328. The SMILES string of the molecule is Cc1ccc(C2=NOC(=O)C2C)o1. The van der Waals surface area contributed by atoms with E-state index in [4.69, 9.17) is 4.42 Å². The van der Waals surface area contributed by atoms with Crippen molar-refractivity contribution in [3.63, 3.8) is 0 Å². The number of aryl methyl sites for hydroxylation is 1. The molecule has 0 bridgehead atoms. The molecule has 0 spiro atoms. The topological polar surface area (TPSA) is 51.8 Å². The van der Waals surface area contributed by atoms with Gasteiger partial charge in [-0.2, -0.15) is 0 Å². The molecule has 0 aliphatic carbocycles. The van der Waals surface area contributed by atoms with Crippen LogP contribution in [0.15, 0.2) is 21.7 Å². The Morgan fingerprint density at radius 1 is 1.46 bits per heavy atom.